The molecule has 11 heteroatoms. The van der Waals surface area contributed by atoms with E-state index >= 15 is 0 Å². The zero-order chi connectivity index (χ0) is 23.0. The van der Waals surface area contributed by atoms with Crippen LogP contribution >= 0.6 is 22.9 Å². The van der Waals surface area contributed by atoms with Gasteiger partial charge in [-0.3, -0.25) is 10.1 Å². The van der Waals surface area contributed by atoms with Crippen LogP contribution in [0.4, 0.5) is 10.8 Å². The van der Waals surface area contributed by atoms with E-state index in [9.17, 15) is 18.5 Å². The van der Waals surface area contributed by atoms with Crippen LogP contribution in [0.3, 0.4) is 0 Å². The van der Waals surface area contributed by atoms with E-state index in [1.807, 2.05) is 11.4 Å². The van der Waals surface area contributed by atoms with Crippen LogP contribution in [0, 0.1) is 24.0 Å². The summed E-state index contributed by atoms with van der Waals surface area (Å²) >= 11 is 7.35. The van der Waals surface area contributed by atoms with Gasteiger partial charge in [0.1, 0.15) is 5.02 Å². The van der Waals surface area contributed by atoms with Crippen LogP contribution in [-0.4, -0.2) is 48.8 Å². The molecule has 1 saturated heterocycles. The maximum absolute atomic E-state index is 13.0. The van der Waals surface area contributed by atoms with E-state index in [1.54, 1.807) is 0 Å². The third kappa shape index (κ3) is 4.23. The van der Waals surface area contributed by atoms with Gasteiger partial charge in [-0.05, 0) is 37.1 Å². The number of halogens is 1. The normalized spacial score (nSPS) is 15.2. The van der Waals surface area contributed by atoms with Gasteiger partial charge < -0.3 is 4.90 Å². The molecule has 2 heterocycles. The molecular weight excluding hydrogens is 472 g/mol. The predicted molar refractivity (Wildman–Crippen MR) is 126 cm³/mol. The molecule has 1 aliphatic rings. The molecule has 0 N–H and O–H groups in total. The molecule has 8 nitrogen and oxygen atoms in total. The summed E-state index contributed by atoms with van der Waals surface area (Å²) < 4.78 is 27.4. The van der Waals surface area contributed by atoms with E-state index in [1.165, 1.54) is 27.8 Å². The number of rotatable bonds is 5. The molecule has 0 aliphatic carbocycles. The zero-order valence-corrected chi connectivity index (χ0v) is 19.9. The number of piperazine rings is 1. The lowest BCUT2D eigenvalue weighted by molar-refractivity contribution is -0.384. The highest BCUT2D eigenvalue weighted by Gasteiger charge is 2.31. The molecule has 0 bridgehead atoms. The Labute approximate surface area is 195 Å². The maximum Gasteiger partial charge on any atom is 0.289 e. The molecule has 0 atom stereocenters. The largest absolute Gasteiger partial charge is 0.345 e. The number of nitro benzene ring substituents is 1. The van der Waals surface area contributed by atoms with E-state index in [2.05, 4.69) is 30.9 Å². The Bertz CT molecular complexity index is 1260. The first-order valence-corrected chi connectivity index (χ1v) is 12.6. The van der Waals surface area contributed by atoms with E-state index in [0.717, 1.165) is 33.6 Å². The average molecular weight is 493 g/mol. The van der Waals surface area contributed by atoms with Crippen LogP contribution in [-0.2, 0) is 10.0 Å². The Hall–Kier alpha value is -2.53. The van der Waals surface area contributed by atoms with Crippen LogP contribution in [0.25, 0.3) is 11.3 Å². The molecule has 0 amide bonds. The first kappa shape index (κ1) is 22.7. The van der Waals surface area contributed by atoms with Gasteiger partial charge in [0.05, 0.1) is 15.5 Å². The number of benzene rings is 2. The Morgan fingerprint density at radius 2 is 1.75 bits per heavy atom. The quantitative estimate of drug-likeness (QED) is 0.384. The Kier molecular flexibility index (Phi) is 6.22. The zero-order valence-electron chi connectivity index (χ0n) is 17.5. The monoisotopic (exact) mass is 492 g/mol. The van der Waals surface area contributed by atoms with Gasteiger partial charge in [-0.25, -0.2) is 13.4 Å². The summed E-state index contributed by atoms with van der Waals surface area (Å²) in [6, 6.07) is 9.71. The fourth-order valence-corrected chi connectivity index (χ4v) is 6.30. The van der Waals surface area contributed by atoms with Crippen molar-refractivity contribution in [3.8, 4) is 11.3 Å². The van der Waals surface area contributed by atoms with Crippen LogP contribution in [0.15, 0.2) is 46.7 Å². The van der Waals surface area contributed by atoms with Gasteiger partial charge in [-0.1, -0.05) is 29.8 Å². The Morgan fingerprint density at radius 1 is 1.09 bits per heavy atom. The molecule has 0 saturated carbocycles. The van der Waals surface area contributed by atoms with Crippen molar-refractivity contribution in [2.75, 3.05) is 31.1 Å². The van der Waals surface area contributed by atoms with Crippen LogP contribution in [0.5, 0.6) is 0 Å². The first-order chi connectivity index (χ1) is 15.2. The van der Waals surface area contributed by atoms with Crippen molar-refractivity contribution in [1.29, 1.82) is 0 Å². The summed E-state index contributed by atoms with van der Waals surface area (Å²) in [6.07, 6.45) is 0. The number of nitrogens with zero attached hydrogens (tertiary/aromatic N) is 4. The van der Waals surface area contributed by atoms with Crippen molar-refractivity contribution in [3.05, 3.63) is 68.0 Å². The van der Waals surface area contributed by atoms with E-state index in [-0.39, 0.29) is 23.0 Å². The third-order valence-corrected chi connectivity index (χ3v) is 8.61. The fourth-order valence-electron chi connectivity index (χ4n) is 3.80. The number of nitro groups is 1. The van der Waals surface area contributed by atoms with Crippen molar-refractivity contribution >= 4 is 43.8 Å². The minimum Gasteiger partial charge on any atom is -0.345 e. The van der Waals surface area contributed by atoms with Gasteiger partial charge in [-0.2, -0.15) is 4.31 Å². The number of aromatic nitrogens is 1. The highest BCUT2D eigenvalue weighted by Crippen LogP contribution is 2.33. The molecule has 4 rings (SSSR count). The van der Waals surface area contributed by atoms with Gasteiger partial charge in [0.15, 0.2) is 5.13 Å². The summed E-state index contributed by atoms with van der Waals surface area (Å²) in [5.41, 5.74) is 3.95. The lowest BCUT2D eigenvalue weighted by Crippen LogP contribution is -2.48. The molecule has 3 aromatic rings. The summed E-state index contributed by atoms with van der Waals surface area (Å²) in [5, 5.41) is 13.9. The number of sulfonamides is 1. The topological polar surface area (TPSA) is 96.7 Å². The molecule has 0 unspecified atom stereocenters. The minimum atomic E-state index is -3.86. The molecule has 2 aromatic carbocycles. The Morgan fingerprint density at radius 3 is 2.38 bits per heavy atom. The number of hydrogen-bond acceptors (Lipinski definition) is 7. The highest BCUT2D eigenvalue weighted by molar-refractivity contribution is 7.89. The van der Waals surface area contributed by atoms with Gasteiger partial charge in [0.25, 0.3) is 5.69 Å². The van der Waals surface area contributed by atoms with Crippen LogP contribution in [0.1, 0.15) is 11.1 Å². The van der Waals surface area contributed by atoms with Crippen LogP contribution in [0.2, 0.25) is 5.02 Å². The van der Waals surface area contributed by atoms with Crippen LogP contribution < -0.4 is 4.90 Å². The van der Waals surface area contributed by atoms with Gasteiger partial charge in [-0.15, -0.1) is 11.3 Å². The molecule has 1 fully saturated rings. The third-order valence-electron chi connectivity index (χ3n) is 5.49. The number of hydrogen-bond donors (Lipinski definition) is 0. The van der Waals surface area contributed by atoms with E-state index < -0.39 is 20.6 Å². The van der Waals surface area contributed by atoms with Crippen molar-refractivity contribution in [3.63, 3.8) is 0 Å². The number of anilines is 1. The second kappa shape index (κ2) is 8.78. The Balaban J connectivity index is 1.50. The summed E-state index contributed by atoms with van der Waals surface area (Å²) in [7, 11) is -3.86. The summed E-state index contributed by atoms with van der Waals surface area (Å²) in [6.45, 7) is 5.61. The second-order valence-corrected chi connectivity index (χ2v) is 10.7. The molecule has 1 aliphatic heterocycles. The molecule has 1 aromatic heterocycles. The van der Waals surface area contributed by atoms with Gasteiger partial charge in [0.2, 0.25) is 10.0 Å². The smallest absolute Gasteiger partial charge is 0.289 e. The summed E-state index contributed by atoms with van der Waals surface area (Å²) in [4.78, 5) is 17.2. The van der Waals surface area contributed by atoms with Crippen molar-refractivity contribution in [2.24, 2.45) is 0 Å². The lowest BCUT2D eigenvalue weighted by Gasteiger charge is -2.33. The van der Waals surface area contributed by atoms with Gasteiger partial charge in [0, 0.05) is 43.2 Å². The van der Waals surface area contributed by atoms with Crippen molar-refractivity contribution in [1.82, 2.24) is 9.29 Å². The standard InChI is InChI=1S/C21H21ClN4O4S2/c1-14-4-3-5-15(2)20(14)18-13-31-21(23-18)24-8-10-25(11-9-24)32(29,30)16-6-7-17(22)19(12-16)26(27)28/h3-7,12-13H,8-11H2,1-2H3. The van der Waals surface area contributed by atoms with Gasteiger partial charge >= 0.3 is 0 Å². The fraction of sp³-hybridized carbons (Fsp3) is 0.286. The molecule has 32 heavy (non-hydrogen) atoms. The average Bonchev–Trinajstić information content (AvgIpc) is 3.23. The van der Waals surface area contributed by atoms with Crippen molar-refractivity contribution < 1.29 is 13.3 Å². The number of thiazole rings is 1. The first-order valence-electron chi connectivity index (χ1n) is 9.89. The van der Waals surface area contributed by atoms with E-state index in [0.29, 0.717) is 13.1 Å². The summed E-state index contributed by atoms with van der Waals surface area (Å²) in [5.74, 6) is 0. The predicted octanol–water partition coefficient (Wildman–Crippen LogP) is 4.50. The second-order valence-electron chi connectivity index (χ2n) is 7.54. The molecular formula is C21H21ClN4O4S2. The van der Waals surface area contributed by atoms with Crippen molar-refractivity contribution in [2.45, 2.75) is 18.7 Å². The molecule has 168 valence electrons. The SMILES string of the molecule is Cc1cccc(C)c1-c1csc(N2CCN(S(=O)(=O)c3ccc(Cl)c([N+](=O)[O-])c3)CC2)n1. The lowest BCUT2D eigenvalue weighted by atomic mass is 10.0. The maximum atomic E-state index is 13.0. The molecule has 0 spiro atoms. The minimum absolute atomic E-state index is 0.0952. The molecule has 0 radical (unpaired) electrons. The van der Waals surface area contributed by atoms with E-state index in [4.69, 9.17) is 16.6 Å². The number of aryl methyl sites for hydroxylation is 2. The highest BCUT2D eigenvalue weighted by atomic mass is 35.5.